The van der Waals surface area contributed by atoms with Crippen molar-refractivity contribution in [3.05, 3.63) is 0 Å². The van der Waals surface area contributed by atoms with Gasteiger partial charge in [0, 0.05) is 24.4 Å². The van der Waals surface area contributed by atoms with Crippen LogP contribution in [0.3, 0.4) is 0 Å². The second-order valence-corrected chi connectivity index (χ2v) is 6.37. The summed E-state index contributed by atoms with van der Waals surface area (Å²) >= 11 is 2.12. The molecule has 2 saturated heterocycles. The first kappa shape index (κ1) is 11.7. The third-order valence-electron chi connectivity index (χ3n) is 3.72. The fraction of sp³-hybridized carbons (Fsp3) is 1.00. The molecule has 0 aromatic heterocycles. The normalized spacial score (nSPS) is 39.2. The minimum absolute atomic E-state index is 0.768. The second-order valence-electron chi connectivity index (χ2n) is 5.22. The van der Waals surface area contributed by atoms with E-state index in [1.165, 1.54) is 43.9 Å². The molecule has 0 aliphatic carbocycles. The van der Waals surface area contributed by atoms with Gasteiger partial charge in [0.05, 0.1) is 0 Å². The molecule has 0 radical (unpaired) electrons. The van der Waals surface area contributed by atoms with Crippen molar-refractivity contribution in [1.82, 2.24) is 10.2 Å². The summed E-state index contributed by atoms with van der Waals surface area (Å²) in [4.78, 5) is 2.46. The number of thioether (sulfide) groups is 1. The molecule has 0 amide bonds. The largest absolute Gasteiger partial charge is 0.310 e. The Bertz CT molecular complexity index is 192. The Labute approximate surface area is 98.2 Å². The Balaban J connectivity index is 1.77. The highest BCUT2D eigenvalue weighted by molar-refractivity contribution is 7.99. The van der Waals surface area contributed by atoms with E-state index in [1.807, 2.05) is 0 Å². The zero-order valence-electron chi connectivity index (χ0n) is 10.0. The van der Waals surface area contributed by atoms with Crippen molar-refractivity contribution in [3.8, 4) is 0 Å². The molecule has 2 rings (SSSR count). The van der Waals surface area contributed by atoms with Crippen molar-refractivity contribution >= 4 is 11.8 Å². The molecule has 0 bridgehead atoms. The first-order valence-electron chi connectivity index (χ1n) is 6.28. The lowest BCUT2D eigenvalue weighted by Gasteiger charge is -2.38. The molecule has 0 aromatic rings. The van der Waals surface area contributed by atoms with E-state index in [1.54, 1.807) is 0 Å². The van der Waals surface area contributed by atoms with E-state index < -0.39 is 0 Å². The van der Waals surface area contributed by atoms with Gasteiger partial charge in [-0.2, -0.15) is 11.8 Å². The number of nitrogens with one attached hydrogen (secondary N) is 1. The molecule has 3 heteroatoms. The quantitative estimate of drug-likeness (QED) is 0.776. The Morgan fingerprint density at radius 1 is 1.33 bits per heavy atom. The van der Waals surface area contributed by atoms with Crippen molar-refractivity contribution in [2.24, 2.45) is 5.92 Å². The van der Waals surface area contributed by atoms with E-state index >= 15 is 0 Å². The first-order chi connectivity index (χ1) is 7.25. The van der Waals surface area contributed by atoms with Gasteiger partial charge in [-0.1, -0.05) is 6.92 Å². The lowest BCUT2D eigenvalue weighted by Crippen LogP contribution is -2.51. The van der Waals surface area contributed by atoms with E-state index in [4.69, 9.17) is 0 Å². The highest BCUT2D eigenvalue weighted by atomic mass is 32.2. The van der Waals surface area contributed by atoms with Gasteiger partial charge in [-0.25, -0.2) is 0 Å². The van der Waals surface area contributed by atoms with Gasteiger partial charge < -0.3 is 10.2 Å². The van der Waals surface area contributed by atoms with Gasteiger partial charge in [-0.05, 0) is 44.5 Å². The maximum Gasteiger partial charge on any atom is 0.0161 e. The van der Waals surface area contributed by atoms with Crippen LogP contribution in [0.4, 0.5) is 0 Å². The Morgan fingerprint density at radius 2 is 2.20 bits per heavy atom. The molecular formula is C12H24N2S. The third kappa shape index (κ3) is 3.36. The lowest BCUT2D eigenvalue weighted by molar-refractivity contribution is 0.166. The summed E-state index contributed by atoms with van der Waals surface area (Å²) in [6, 6.07) is 1.56. The first-order valence-corrected chi connectivity index (χ1v) is 7.43. The number of nitrogens with zero attached hydrogens (tertiary/aromatic N) is 1. The standard InChI is InChI=1S/C12H24N2S/c1-10-8-14(2)6-5-12(10)13-11-4-3-7-15-9-11/h10-13H,3-9H2,1-2H3. The van der Waals surface area contributed by atoms with Crippen molar-refractivity contribution in [3.63, 3.8) is 0 Å². The van der Waals surface area contributed by atoms with Crippen LogP contribution in [0.5, 0.6) is 0 Å². The molecule has 0 saturated carbocycles. The molecule has 2 aliphatic heterocycles. The lowest BCUT2D eigenvalue weighted by atomic mass is 9.93. The minimum Gasteiger partial charge on any atom is -0.310 e. The van der Waals surface area contributed by atoms with Crippen LogP contribution >= 0.6 is 11.8 Å². The molecule has 2 aliphatic rings. The molecule has 15 heavy (non-hydrogen) atoms. The molecule has 1 N–H and O–H groups in total. The Morgan fingerprint density at radius 3 is 2.87 bits per heavy atom. The number of hydrogen-bond acceptors (Lipinski definition) is 3. The van der Waals surface area contributed by atoms with Gasteiger partial charge in [0.2, 0.25) is 0 Å². The summed E-state index contributed by atoms with van der Waals surface area (Å²) < 4.78 is 0. The summed E-state index contributed by atoms with van der Waals surface area (Å²) in [5, 5.41) is 3.88. The molecule has 2 heterocycles. The van der Waals surface area contributed by atoms with Crippen LogP contribution in [0.15, 0.2) is 0 Å². The molecule has 2 fully saturated rings. The number of hydrogen-bond donors (Lipinski definition) is 1. The van der Waals surface area contributed by atoms with Crippen molar-refractivity contribution in [2.75, 3.05) is 31.6 Å². The van der Waals surface area contributed by atoms with E-state index in [0.29, 0.717) is 0 Å². The summed E-state index contributed by atoms with van der Waals surface area (Å²) in [7, 11) is 2.24. The number of likely N-dealkylation sites (tertiary alicyclic amines) is 1. The summed E-state index contributed by atoms with van der Waals surface area (Å²) in [5.41, 5.74) is 0. The highest BCUT2D eigenvalue weighted by Gasteiger charge is 2.26. The fourth-order valence-electron chi connectivity index (χ4n) is 2.78. The van der Waals surface area contributed by atoms with E-state index in [-0.39, 0.29) is 0 Å². The predicted octanol–water partition coefficient (Wildman–Crippen LogP) is 1.81. The molecule has 0 spiro atoms. The van der Waals surface area contributed by atoms with Gasteiger partial charge in [0.1, 0.15) is 0 Å². The van der Waals surface area contributed by atoms with Crippen molar-refractivity contribution < 1.29 is 0 Å². The van der Waals surface area contributed by atoms with Crippen LogP contribution < -0.4 is 5.32 Å². The predicted molar refractivity (Wildman–Crippen MR) is 68.5 cm³/mol. The SMILES string of the molecule is CC1CN(C)CCC1NC1CCCSC1. The van der Waals surface area contributed by atoms with Gasteiger partial charge >= 0.3 is 0 Å². The molecule has 3 atom stereocenters. The fourth-order valence-corrected chi connectivity index (χ4v) is 3.86. The van der Waals surface area contributed by atoms with Crippen LogP contribution in [-0.4, -0.2) is 48.6 Å². The monoisotopic (exact) mass is 228 g/mol. The molecule has 2 nitrogen and oxygen atoms in total. The Hall–Kier alpha value is 0.270. The maximum atomic E-state index is 3.88. The Kier molecular flexibility index (Phi) is 4.35. The van der Waals surface area contributed by atoms with Gasteiger partial charge in [0.15, 0.2) is 0 Å². The van der Waals surface area contributed by atoms with Gasteiger partial charge in [-0.3, -0.25) is 0 Å². The second kappa shape index (κ2) is 5.55. The van der Waals surface area contributed by atoms with Crippen LogP contribution in [0.1, 0.15) is 26.2 Å². The summed E-state index contributed by atoms with van der Waals surface area (Å²) in [6.45, 7) is 4.92. The average molecular weight is 228 g/mol. The van der Waals surface area contributed by atoms with Crippen LogP contribution in [0.25, 0.3) is 0 Å². The minimum atomic E-state index is 0.768. The maximum absolute atomic E-state index is 3.88. The topological polar surface area (TPSA) is 15.3 Å². The van der Waals surface area contributed by atoms with Gasteiger partial charge in [0.25, 0.3) is 0 Å². The van der Waals surface area contributed by atoms with Crippen LogP contribution in [0.2, 0.25) is 0 Å². The van der Waals surface area contributed by atoms with Crippen LogP contribution in [0, 0.1) is 5.92 Å². The highest BCUT2D eigenvalue weighted by Crippen LogP contribution is 2.21. The molecule has 88 valence electrons. The number of rotatable bonds is 2. The van der Waals surface area contributed by atoms with E-state index in [9.17, 15) is 0 Å². The molecule has 3 unspecified atom stereocenters. The van der Waals surface area contributed by atoms with Gasteiger partial charge in [-0.15, -0.1) is 0 Å². The zero-order valence-corrected chi connectivity index (χ0v) is 10.9. The van der Waals surface area contributed by atoms with E-state index in [0.717, 1.165) is 18.0 Å². The van der Waals surface area contributed by atoms with Crippen molar-refractivity contribution in [1.29, 1.82) is 0 Å². The summed E-state index contributed by atoms with van der Waals surface area (Å²) in [5.74, 6) is 3.52. The van der Waals surface area contributed by atoms with Crippen LogP contribution in [-0.2, 0) is 0 Å². The molecular weight excluding hydrogens is 204 g/mol. The molecule has 0 aromatic carbocycles. The smallest absolute Gasteiger partial charge is 0.0161 e. The van der Waals surface area contributed by atoms with E-state index in [2.05, 4.69) is 35.9 Å². The zero-order chi connectivity index (χ0) is 10.7. The summed E-state index contributed by atoms with van der Waals surface area (Å²) in [6.07, 6.45) is 4.13. The van der Waals surface area contributed by atoms with Crippen molar-refractivity contribution in [2.45, 2.75) is 38.3 Å². The third-order valence-corrected chi connectivity index (χ3v) is 4.93. The number of piperidine rings is 1. The average Bonchev–Trinajstić information content (AvgIpc) is 2.24.